The van der Waals surface area contributed by atoms with Gasteiger partial charge in [0.1, 0.15) is 12.2 Å². The monoisotopic (exact) mass is 298 g/mol. The molecule has 2 heterocycles. The largest absolute Gasteiger partial charge is 0.376 e. The molecule has 0 N–H and O–H groups in total. The van der Waals surface area contributed by atoms with Crippen LogP contribution >= 0.6 is 11.6 Å². The fraction of sp³-hybridized carbons (Fsp3) is 0.600. The summed E-state index contributed by atoms with van der Waals surface area (Å²) in [5, 5.41) is 0. The highest BCUT2D eigenvalue weighted by atomic mass is 35.5. The smallest absolute Gasteiger partial charge is 0.209 e. The van der Waals surface area contributed by atoms with E-state index in [1.807, 2.05) is 30.3 Å². The van der Waals surface area contributed by atoms with E-state index in [2.05, 4.69) is 0 Å². The average Bonchev–Trinajstić information content (AvgIpc) is 2.89. The first-order chi connectivity index (χ1) is 9.77. The van der Waals surface area contributed by atoms with Gasteiger partial charge in [0.15, 0.2) is 0 Å². The molecule has 0 amide bonds. The standard InChI is InChI=1S/C15H19ClO4/c1-17-14-7-12(13-9-19-15(14,10-16)20-13)18-8-11-5-3-2-4-6-11/h2-6,12-14H,7-10H2,1H3/t12-,13+,14+,15?/m0/s1. The topological polar surface area (TPSA) is 36.9 Å². The minimum Gasteiger partial charge on any atom is -0.376 e. The van der Waals surface area contributed by atoms with Crippen LogP contribution in [0.2, 0.25) is 0 Å². The molecule has 4 atom stereocenters. The van der Waals surface area contributed by atoms with Crippen molar-refractivity contribution in [1.29, 1.82) is 0 Å². The third-order valence-electron chi connectivity index (χ3n) is 3.97. The van der Waals surface area contributed by atoms with Crippen molar-refractivity contribution in [1.82, 2.24) is 0 Å². The van der Waals surface area contributed by atoms with E-state index in [1.165, 1.54) is 0 Å². The van der Waals surface area contributed by atoms with Crippen molar-refractivity contribution in [2.75, 3.05) is 19.6 Å². The molecule has 110 valence electrons. The first kappa shape index (κ1) is 14.3. The summed E-state index contributed by atoms with van der Waals surface area (Å²) >= 11 is 5.99. The molecule has 0 radical (unpaired) electrons. The van der Waals surface area contributed by atoms with Gasteiger partial charge in [-0.15, -0.1) is 11.6 Å². The zero-order valence-electron chi connectivity index (χ0n) is 11.5. The van der Waals surface area contributed by atoms with Crippen molar-refractivity contribution >= 4 is 11.6 Å². The number of methoxy groups -OCH3 is 1. The molecule has 0 aliphatic carbocycles. The maximum absolute atomic E-state index is 5.99. The Morgan fingerprint density at radius 2 is 2.15 bits per heavy atom. The van der Waals surface area contributed by atoms with Crippen molar-refractivity contribution in [3.8, 4) is 0 Å². The maximum Gasteiger partial charge on any atom is 0.209 e. The molecule has 4 nitrogen and oxygen atoms in total. The van der Waals surface area contributed by atoms with Crippen molar-refractivity contribution in [2.24, 2.45) is 0 Å². The molecule has 2 aliphatic heterocycles. The van der Waals surface area contributed by atoms with Gasteiger partial charge in [-0.25, -0.2) is 0 Å². The van der Waals surface area contributed by atoms with Crippen molar-refractivity contribution in [2.45, 2.75) is 37.1 Å². The third-order valence-corrected chi connectivity index (χ3v) is 4.34. The maximum atomic E-state index is 5.99. The Bertz CT molecular complexity index is 441. The first-order valence-corrected chi connectivity index (χ1v) is 7.37. The van der Waals surface area contributed by atoms with Crippen LogP contribution in [0.25, 0.3) is 0 Å². The lowest BCUT2D eigenvalue weighted by atomic mass is 9.98. The van der Waals surface area contributed by atoms with E-state index in [1.54, 1.807) is 7.11 Å². The number of alkyl halides is 1. The molecular formula is C15H19ClO4. The summed E-state index contributed by atoms with van der Waals surface area (Å²) in [6.07, 6.45) is 0.447. The van der Waals surface area contributed by atoms with E-state index in [-0.39, 0.29) is 24.2 Å². The molecule has 3 rings (SSSR count). The highest BCUT2D eigenvalue weighted by Crippen LogP contribution is 2.40. The lowest BCUT2D eigenvalue weighted by molar-refractivity contribution is -0.262. The van der Waals surface area contributed by atoms with Crippen molar-refractivity contribution < 1.29 is 18.9 Å². The van der Waals surface area contributed by atoms with E-state index in [9.17, 15) is 0 Å². The van der Waals surface area contributed by atoms with Crippen molar-refractivity contribution in [3.63, 3.8) is 0 Å². The molecule has 2 aliphatic rings. The number of benzene rings is 1. The minimum atomic E-state index is -0.798. The Hall–Kier alpha value is -0.650. The van der Waals surface area contributed by atoms with Gasteiger partial charge in [0, 0.05) is 13.5 Å². The lowest BCUT2D eigenvalue weighted by Crippen LogP contribution is -2.54. The van der Waals surface area contributed by atoms with Gasteiger partial charge < -0.3 is 18.9 Å². The van der Waals surface area contributed by atoms with Gasteiger partial charge in [0.25, 0.3) is 0 Å². The van der Waals surface area contributed by atoms with E-state index >= 15 is 0 Å². The lowest BCUT2D eigenvalue weighted by Gasteiger charge is -2.40. The molecular weight excluding hydrogens is 280 g/mol. The molecule has 5 heteroatoms. The van der Waals surface area contributed by atoms with E-state index in [4.69, 9.17) is 30.5 Å². The summed E-state index contributed by atoms with van der Waals surface area (Å²) in [4.78, 5) is 0. The second kappa shape index (κ2) is 6.00. The minimum absolute atomic E-state index is 0.0287. The predicted octanol–water partition coefficient (Wildman–Crippen LogP) is 2.34. The Kier molecular flexibility index (Phi) is 4.29. The van der Waals surface area contributed by atoms with Gasteiger partial charge in [-0.1, -0.05) is 30.3 Å². The third kappa shape index (κ3) is 2.59. The number of hydrogen-bond acceptors (Lipinski definition) is 4. The number of hydrogen-bond donors (Lipinski definition) is 0. The molecule has 20 heavy (non-hydrogen) atoms. The van der Waals surface area contributed by atoms with E-state index in [0.717, 1.165) is 12.0 Å². The SMILES string of the molecule is CO[C@@H]1C[C@H](OCc2ccccc2)[C@H]2COC1(CCl)O2. The van der Waals surface area contributed by atoms with E-state index in [0.29, 0.717) is 13.2 Å². The zero-order chi connectivity index (χ0) is 14.0. The molecule has 1 unspecified atom stereocenters. The summed E-state index contributed by atoms with van der Waals surface area (Å²) < 4.78 is 23.2. The highest BCUT2D eigenvalue weighted by Gasteiger charge is 2.55. The first-order valence-electron chi connectivity index (χ1n) is 6.83. The summed E-state index contributed by atoms with van der Waals surface area (Å²) in [6, 6.07) is 10.1. The van der Waals surface area contributed by atoms with Crippen molar-refractivity contribution in [3.05, 3.63) is 35.9 Å². The summed E-state index contributed by atoms with van der Waals surface area (Å²) in [5.74, 6) is -0.527. The van der Waals surface area contributed by atoms with Gasteiger partial charge in [-0.05, 0) is 5.56 Å². The van der Waals surface area contributed by atoms with Crippen LogP contribution in [0, 0.1) is 0 Å². The average molecular weight is 299 g/mol. The zero-order valence-corrected chi connectivity index (χ0v) is 12.2. The molecule has 1 aromatic carbocycles. The summed E-state index contributed by atoms with van der Waals surface area (Å²) in [7, 11) is 1.65. The molecule has 1 aromatic rings. The predicted molar refractivity (Wildman–Crippen MR) is 74.7 cm³/mol. The Balaban J connectivity index is 1.64. The number of fused-ring (bicyclic) bond motifs is 2. The van der Waals surface area contributed by atoms with Crippen LogP contribution in [0.1, 0.15) is 12.0 Å². The Labute approximate surface area is 123 Å². The van der Waals surface area contributed by atoms with Gasteiger partial charge in [0.05, 0.1) is 25.2 Å². The number of halogens is 1. The van der Waals surface area contributed by atoms with Crippen LogP contribution in [-0.2, 0) is 25.6 Å². The Morgan fingerprint density at radius 3 is 2.85 bits per heavy atom. The molecule has 0 spiro atoms. The second-order valence-corrected chi connectivity index (χ2v) is 5.48. The van der Waals surface area contributed by atoms with E-state index < -0.39 is 5.79 Å². The fourth-order valence-corrected chi connectivity index (χ4v) is 3.14. The summed E-state index contributed by atoms with van der Waals surface area (Å²) in [6.45, 7) is 1.07. The molecule has 2 saturated heterocycles. The quantitative estimate of drug-likeness (QED) is 0.782. The van der Waals surface area contributed by atoms with Gasteiger partial charge >= 0.3 is 0 Å². The van der Waals surface area contributed by atoms with Gasteiger partial charge in [0.2, 0.25) is 5.79 Å². The van der Waals surface area contributed by atoms with Crippen LogP contribution in [0.15, 0.2) is 30.3 Å². The van der Waals surface area contributed by atoms with Crippen LogP contribution in [0.3, 0.4) is 0 Å². The van der Waals surface area contributed by atoms with Crippen LogP contribution in [0.5, 0.6) is 0 Å². The normalized spacial score (nSPS) is 36.2. The van der Waals surface area contributed by atoms with Crippen LogP contribution < -0.4 is 0 Å². The highest BCUT2D eigenvalue weighted by molar-refractivity contribution is 6.18. The number of ether oxygens (including phenoxy) is 4. The molecule has 0 saturated carbocycles. The van der Waals surface area contributed by atoms with Gasteiger partial charge in [-0.2, -0.15) is 0 Å². The second-order valence-electron chi connectivity index (χ2n) is 5.21. The fourth-order valence-electron chi connectivity index (χ4n) is 2.83. The van der Waals surface area contributed by atoms with Crippen LogP contribution in [-0.4, -0.2) is 43.7 Å². The number of rotatable bonds is 5. The Morgan fingerprint density at radius 1 is 1.35 bits per heavy atom. The molecule has 2 fully saturated rings. The summed E-state index contributed by atoms with van der Waals surface area (Å²) in [5.41, 5.74) is 1.15. The molecule has 2 bridgehead atoms. The van der Waals surface area contributed by atoms with Gasteiger partial charge in [-0.3, -0.25) is 0 Å². The molecule has 0 aromatic heterocycles. The van der Waals surface area contributed by atoms with Crippen LogP contribution in [0.4, 0.5) is 0 Å².